The average molecular weight is 616 g/mol. The summed E-state index contributed by atoms with van der Waals surface area (Å²) in [5.74, 6) is -0.379. The molecule has 2 atom stereocenters. The Bertz CT molecular complexity index is 1610. The third-order valence-corrected chi connectivity index (χ3v) is 8.61. The minimum atomic E-state index is -0.601. The fourth-order valence-corrected chi connectivity index (χ4v) is 5.98. The average Bonchev–Trinajstić information content (AvgIpc) is 3.39. The Kier molecular flexibility index (Phi) is 9.20. The van der Waals surface area contributed by atoms with Crippen LogP contribution in [0, 0.1) is 6.92 Å². The quantitative estimate of drug-likeness (QED) is 0.236. The number of aromatic nitrogens is 2. The molecule has 9 heteroatoms. The van der Waals surface area contributed by atoms with Gasteiger partial charge in [0, 0.05) is 67.6 Å². The van der Waals surface area contributed by atoms with Crippen LogP contribution in [0.25, 0.3) is 22.2 Å². The summed E-state index contributed by atoms with van der Waals surface area (Å²) in [7, 11) is 1.73. The predicted octanol–water partition coefficient (Wildman–Crippen LogP) is 7.27. The topological polar surface area (TPSA) is 81.8 Å². The SMILES string of the molecule is Cc1c[nH]c2ncc(-c3ccccc3)c(N3CCN(C(=O)C(CC(C)N(C)C(=O)OC(C)(C)C)c4ccc(Cl)cc4)CC3)c12. The fourth-order valence-electron chi connectivity index (χ4n) is 5.85. The van der Waals surface area contributed by atoms with Crippen molar-refractivity contribution in [1.29, 1.82) is 0 Å². The smallest absolute Gasteiger partial charge is 0.410 e. The van der Waals surface area contributed by atoms with Gasteiger partial charge < -0.3 is 24.4 Å². The molecule has 2 aromatic heterocycles. The van der Waals surface area contributed by atoms with E-state index in [1.165, 1.54) is 0 Å². The lowest BCUT2D eigenvalue weighted by Crippen LogP contribution is -2.51. The van der Waals surface area contributed by atoms with E-state index in [2.05, 4.69) is 28.9 Å². The molecule has 0 radical (unpaired) electrons. The third-order valence-electron chi connectivity index (χ3n) is 8.35. The molecule has 1 saturated heterocycles. The van der Waals surface area contributed by atoms with Gasteiger partial charge in [0.1, 0.15) is 11.2 Å². The van der Waals surface area contributed by atoms with Crippen LogP contribution in [0.3, 0.4) is 0 Å². The van der Waals surface area contributed by atoms with Crippen molar-refractivity contribution in [3.05, 3.63) is 83.1 Å². The number of amides is 2. The summed E-state index contributed by atoms with van der Waals surface area (Å²) in [5, 5.41) is 1.73. The van der Waals surface area contributed by atoms with Crippen molar-refractivity contribution >= 4 is 40.3 Å². The van der Waals surface area contributed by atoms with Gasteiger partial charge in [-0.05, 0) is 69.9 Å². The maximum atomic E-state index is 14.2. The van der Waals surface area contributed by atoms with E-state index < -0.39 is 17.6 Å². The molecule has 0 spiro atoms. The van der Waals surface area contributed by atoms with Crippen molar-refractivity contribution in [2.45, 2.75) is 58.6 Å². The zero-order valence-electron chi connectivity index (χ0n) is 26.4. The van der Waals surface area contributed by atoms with Crippen LogP contribution >= 0.6 is 11.6 Å². The lowest BCUT2D eigenvalue weighted by molar-refractivity contribution is -0.133. The van der Waals surface area contributed by atoms with Gasteiger partial charge >= 0.3 is 6.09 Å². The van der Waals surface area contributed by atoms with Crippen LogP contribution < -0.4 is 4.90 Å². The van der Waals surface area contributed by atoms with Crippen LogP contribution in [0.1, 0.15) is 51.2 Å². The van der Waals surface area contributed by atoms with Gasteiger partial charge in [-0.3, -0.25) is 4.79 Å². The molecule has 8 nitrogen and oxygen atoms in total. The number of halogens is 1. The lowest BCUT2D eigenvalue weighted by Gasteiger charge is -2.39. The van der Waals surface area contributed by atoms with Crippen molar-refractivity contribution in [3.63, 3.8) is 0 Å². The molecule has 232 valence electrons. The zero-order chi connectivity index (χ0) is 31.6. The summed E-state index contributed by atoms with van der Waals surface area (Å²) < 4.78 is 5.59. The molecule has 5 rings (SSSR count). The number of benzene rings is 2. The minimum Gasteiger partial charge on any atom is -0.444 e. The van der Waals surface area contributed by atoms with Crippen LogP contribution in [0.4, 0.5) is 10.5 Å². The van der Waals surface area contributed by atoms with Crippen molar-refractivity contribution in [1.82, 2.24) is 19.8 Å². The first kappa shape index (κ1) is 31.4. The maximum absolute atomic E-state index is 14.2. The second-order valence-electron chi connectivity index (χ2n) is 12.7. The van der Waals surface area contributed by atoms with E-state index in [1.807, 2.05) is 87.5 Å². The molecule has 0 saturated carbocycles. The molecule has 1 N–H and O–H groups in total. The first-order valence-corrected chi connectivity index (χ1v) is 15.6. The molecule has 44 heavy (non-hydrogen) atoms. The summed E-state index contributed by atoms with van der Waals surface area (Å²) in [6.45, 7) is 12.1. The van der Waals surface area contributed by atoms with Gasteiger partial charge in [0.2, 0.25) is 5.91 Å². The van der Waals surface area contributed by atoms with Crippen molar-refractivity contribution in [2.24, 2.45) is 0 Å². The van der Waals surface area contributed by atoms with E-state index >= 15 is 0 Å². The van der Waals surface area contributed by atoms with E-state index in [-0.39, 0.29) is 11.9 Å². The first-order valence-electron chi connectivity index (χ1n) is 15.2. The van der Waals surface area contributed by atoms with Crippen LogP contribution in [0.2, 0.25) is 5.02 Å². The van der Waals surface area contributed by atoms with Gasteiger partial charge in [-0.25, -0.2) is 9.78 Å². The fraction of sp³-hybridized carbons (Fsp3) is 0.400. The van der Waals surface area contributed by atoms with Crippen molar-refractivity contribution < 1.29 is 14.3 Å². The number of rotatable bonds is 7. The van der Waals surface area contributed by atoms with Crippen LogP contribution in [0.5, 0.6) is 0 Å². The van der Waals surface area contributed by atoms with Crippen LogP contribution in [0.15, 0.2) is 67.0 Å². The third kappa shape index (κ3) is 6.86. The molecule has 2 amide bonds. The predicted molar refractivity (Wildman–Crippen MR) is 177 cm³/mol. The van der Waals surface area contributed by atoms with Crippen molar-refractivity contribution in [2.75, 3.05) is 38.1 Å². The highest BCUT2D eigenvalue weighted by Crippen LogP contribution is 2.38. The number of piperazine rings is 1. The lowest BCUT2D eigenvalue weighted by atomic mass is 9.90. The number of hydrogen-bond donors (Lipinski definition) is 1. The van der Waals surface area contributed by atoms with E-state index in [9.17, 15) is 9.59 Å². The van der Waals surface area contributed by atoms with E-state index in [0.29, 0.717) is 37.6 Å². The molecule has 2 aromatic carbocycles. The highest BCUT2D eigenvalue weighted by atomic mass is 35.5. The van der Waals surface area contributed by atoms with Gasteiger partial charge in [-0.15, -0.1) is 0 Å². The van der Waals surface area contributed by atoms with Crippen molar-refractivity contribution in [3.8, 4) is 11.1 Å². The molecule has 1 aliphatic heterocycles. The van der Waals surface area contributed by atoms with Crippen LogP contribution in [-0.2, 0) is 9.53 Å². The summed E-state index contributed by atoms with van der Waals surface area (Å²) >= 11 is 6.20. The van der Waals surface area contributed by atoms with E-state index in [0.717, 1.165) is 39.0 Å². The molecule has 2 unspecified atom stereocenters. The molecule has 1 aliphatic rings. The molecule has 0 aliphatic carbocycles. The Morgan fingerprint density at radius 1 is 1.05 bits per heavy atom. The number of nitrogens with one attached hydrogen (secondary N) is 1. The highest BCUT2D eigenvalue weighted by molar-refractivity contribution is 6.30. The van der Waals surface area contributed by atoms with Gasteiger partial charge in [0.15, 0.2) is 0 Å². The molecular weight excluding hydrogens is 574 g/mol. The summed E-state index contributed by atoms with van der Waals surface area (Å²) in [4.78, 5) is 41.0. The monoisotopic (exact) mass is 615 g/mol. The van der Waals surface area contributed by atoms with Crippen LogP contribution in [-0.4, -0.2) is 76.6 Å². The standard InChI is InChI=1S/C35H42ClN5O3/c1-23-21-37-32-30(23)31(29(22-38-32)25-10-8-7-9-11-25)40-16-18-41(19-17-40)33(42)28(26-12-14-27(36)15-13-26)20-24(2)39(6)34(43)44-35(3,4)5/h7-15,21-22,24,28H,16-20H2,1-6H3,(H,37,38). The molecule has 4 aromatic rings. The number of fused-ring (bicyclic) bond motifs is 1. The Labute approximate surface area is 265 Å². The Morgan fingerprint density at radius 3 is 2.34 bits per heavy atom. The molecular formula is C35H42ClN5O3. The zero-order valence-corrected chi connectivity index (χ0v) is 27.2. The molecule has 1 fully saturated rings. The minimum absolute atomic E-state index is 0.0531. The number of nitrogens with zero attached hydrogens (tertiary/aromatic N) is 4. The maximum Gasteiger partial charge on any atom is 0.410 e. The number of carbonyl (C=O) groups is 2. The van der Waals surface area contributed by atoms with Gasteiger partial charge in [-0.2, -0.15) is 0 Å². The molecule has 3 heterocycles. The number of aryl methyl sites for hydroxylation is 1. The first-order chi connectivity index (χ1) is 20.9. The molecule has 0 bridgehead atoms. The van der Waals surface area contributed by atoms with E-state index in [4.69, 9.17) is 21.3 Å². The van der Waals surface area contributed by atoms with Gasteiger partial charge in [0.25, 0.3) is 0 Å². The normalized spacial score (nSPS) is 15.2. The largest absolute Gasteiger partial charge is 0.444 e. The number of pyridine rings is 1. The second-order valence-corrected chi connectivity index (χ2v) is 13.1. The Morgan fingerprint density at radius 2 is 1.70 bits per heavy atom. The Balaban J connectivity index is 1.37. The summed E-state index contributed by atoms with van der Waals surface area (Å²) in [6.07, 6.45) is 4.00. The number of carbonyl (C=O) groups excluding carboxylic acids is 2. The van der Waals surface area contributed by atoms with Gasteiger partial charge in [0.05, 0.1) is 11.6 Å². The number of ether oxygens (including phenoxy) is 1. The Hall–Kier alpha value is -4.04. The number of H-pyrrole nitrogens is 1. The van der Waals surface area contributed by atoms with E-state index in [1.54, 1.807) is 11.9 Å². The highest BCUT2D eigenvalue weighted by Gasteiger charge is 2.33. The number of hydrogen-bond acceptors (Lipinski definition) is 5. The second kappa shape index (κ2) is 12.9. The summed E-state index contributed by atoms with van der Waals surface area (Å²) in [5.41, 5.74) is 5.63. The van der Waals surface area contributed by atoms with Gasteiger partial charge in [-0.1, -0.05) is 54.1 Å². The summed E-state index contributed by atoms with van der Waals surface area (Å²) in [6, 6.07) is 17.6. The number of anilines is 1. The number of aromatic amines is 1.